The first-order valence-electron chi connectivity index (χ1n) is 7.65. The maximum atomic E-state index is 12.6. The van der Waals surface area contributed by atoms with Gasteiger partial charge in [-0.3, -0.25) is 9.36 Å². The molecule has 5 nitrogen and oxygen atoms in total. The first-order valence-corrected chi connectivity index (χ1v) is 7.65. The summed E-state index contributed by atoms with van der Waals surface area (Å²) in [6.07, 6.45) is 1.72. The molecule has 1 aliphatic rings. The number of hydrogen-bond donors (Lipinski definition) is 0. The number of nitrogens with zero attached hydrogens (tertiary/aromatic N) is 2. The van der Waals surface area contributed by atoms with Gasteiger partial charge < -0.3 is 4.74 Å². The number of imidazole rings is 1. The molecule has 3 rings (SSSR count). The number of carbonyl (C=O) groups excluding carboxylic acids is 2. The van der Waals surface area contributed by atoms with Gasteiger partial charge in [0.25, 0.3) is 5.91 Å². The second-order valence-electron chi connectivity index (χ2n) is 6.68. The average Bonchev–Trinajstić information content (AvgIpc) is 2.90. The van der Waals surface area contributed by atoms with Gasteiger partial charge in [-0.25, -0.2) is 9.78 Å². The van der Waals surface area contributed by atoms with Crippen molar-refractivity contribution >= 4 is 22.9 Å². The first kappa shape index (κ1) is 15.5. The lowest BCUT2D eigenvalue weighted by atomic mass is 9.76. The number of rotatable bonds is 2. The first-order chi connectivity index (χ1) is 10.8. The summed E-state index contributed by atoms with van der Waals surface area (Å²) in [6.45, 7) is 8.30. The number of esters is 1. The summed E-state index contributed by atoms with van der Waals surface area (Å²) in [5, 5.41) is 0. The molecule has 1 aliphatic heterocycles. The third-order valence-corrected chi connectivity index (χ3v) is 4.48. The van der Waals surface area contributed by atoms with E-state index in [4.69, 9.17) is 4.74 Å². The van der Waals surface area contributed by atoms with Crippen LogP contribution in [-0.2, 0) is 10.2 Å². The SMILES string of the molecule is COC(=O)c1ccc2c(c1)nc1n2C(=O)C=C(C(C)C)C1(C)C. The third-order valence-electron chi connectivity index (χ3n) is 4.48. The third kappa shape index (κ3) is 2.19. The maximum Gasteiger partial charge on any atom is 0.337 e. The predicted octanol–water partition coefficient (Wildman–Crippen LogP) is 3.34. The smallest absolute Gasteiger partial charge is 0.337 e. The van der Waals surface area contributed by atoms with Crippen LogP contribution in [0.2, 0.25) is 0 Å². The van der Waals surface area contributed by atoms with Gasteiger partial charge in [-0.1, -0.05) is 13.8 Å². The summed E-state index contributed by atoms with van der Waals surface area (Å²) in [5.74, 6) is 0.472. The molecule has 0 atom stereocenters. The van der Waals surface area contributed by atoms with Crippen molar-refractivity contribution < 1.29 is 14.3 Å². The van der Waals surface area contributed by atoms with Crippen molar-refractivity contribution in [2.45, 2.75) is 33.1 Å². The second-order valence-corrected chi connectivity index (χ2v) is 6.68. The van der Waals surface area contributed by atoms with Gasteiger partial charge in [-0.05, 0) is 43.5 Å². The molecule has 0 N–H and O–H groups in total. The Labute approximate surface area is 135 Å². The molecule has 0 spiro atoms. The molecular weight excluding hydrogens is 292 g/mol. The van der Waals surface area contributed by atoms with Gasteiger partial charge in [0.1, 0.15) is 5.82 Å². The average molecular weight is 312 g/mol. The second kappa shape index (κ2) is 5.05. The fourth-order valence-corrected chi connectivity index (χ4v) is 3.36. The highest BCUT2D eigenvalue weighted by molar-refractivity contribution is 6.01. The van der Waals surface area contributed by atoms with Crippen LogP contribution in [0.15, 0.2) is 29.8 Å². The van der Waals surface area contributed by atoms with Crippen LogP contribution in [0.4, 0.5) is 0 Å². The van der Waals surface area contributed by atoms with E-state index in [1.807, 2.05) is 0 Å². The minimum absolute atomic E-state index is 0.0867. The number of allylic oxidation sites excluding steroid dienone is 2. The van der Waals surface area contributed by atoms with E-state index in [0.29, 0.717) is 22.4 Å². The van der Waals surface area contributed by atoms with E-state index in [2.05, 4.69) is 32.7 Å². The van der Waals surface area contributed by atoms with E-state index in [-0.39, 0.29) is 17.2 Å². The van der Waals surface area contributed by atoms with Crippen molar-refractivity contribution in [3.8, 4) is 0 Å². The summed E-state index contributed by atoms with van der Waals surface area (Å²) in [4.78, 5) is 29.0. The van der Waals surface area contributed by atoms with Crippen molar-refractivity contribution in [3.63, 3.8) is 0 Å². The van der Waals surface area contributed by atoms with E-state index in [1.54, 1.807) is 28.8 Å². The molecule has 1 aromatic carbocycles. The van der Waals surface area contributed by atoms with Gasteiger partial charge in [0, 0.05) is 11.5 Å². The zero-order chi connectivity index (χ0) is 16.9. The van der Waals surface area contributed by atoms with E-state index in [9.17, 15) is 9.59 Å². The van der Waals surface area contributed by atoms with Gasteiger partial charge in [-0.2, -0.15) is 0 Å². The number of carbonyl (C=O) groups is 2. The fraction of sp³-hybridized carbons (Fsp3) is 0.389. The maximum absolute atomic E-state index is 12.6. The Morgan fingerprint density at radius 3 is 2.61 bits per heavy atom. The van der Waals surface area contributed by atoms with Gasteiger partial charge in [0.15, 0.2) is 0 Å². The molecular formula is C18H20N2O3. The predicted molar refractivity (Wildman–Crippen MR) is 87.6 cm³/mol. The summed E-state index contributed by atoms with van der Waals surface area (Å²) in [5.41, 5.74) is 2.50. The molecule has 0 aliphatic carbocycles. The molecule has 0 radical (unpaired) electrons. The van der Waals surface area contributed by atoms with Crippen molar-refractivity contribution in [2.75, 3.05) is 7.11 Å². The largest absolute Gasteiger partial charge is 0.465 e. The van der Waals surface area contributed by atoms with Crippen molar-refractivity contribution in [2.24, 2.45) is 5.92 Å². The molecule has 0 bridgehead atoms. The zero-order valence-corrected chi connectivity index (χ0v) is 14.0. The molecule has 2 aromatic rings. The van der Waals surface area contributed by atoms with Crippen LogP contribution in [0.1, 0.15) is 48.7 Å². The van der Waals surface area contributed by atoms with E-state index < -0.39 is 5.97 Å². The lowest BCUT2D eigenvalue weighted by Crippen LogP contribution is -2.34. The Morgan fingerprint density at radius 1 is 1.30 bits per heavy atom. The normalized spacial score (nSPS) is 16.4. The summed E-state index contributed by atoms with van der Waals surface area (Å²) >= 11 is 0. The molecule has 0 amide bonds. The summed E-state index contributed by atoms with van der Waals surface area (Å²) in [6, 6.07) is 5.08. The Morgan fingerprint density at radius 2 is 2.00 bits per heavy atom. The van der Waals surface area contributed by atoms with Gasteiger partial charge in [-0.15, -0.1) is 0 Å². The highest BCUT2D eigenvalue weighted by Gasteiger charge is 2.38. The van der Waals surface area contributed by atoms with Crippen LogP contribution in [-0.4, -0.2) is 28.5 Å². The molecule has 2 heterocycles. The Bertz CT molecular complexity index is 857. The quantitative estimate of drug-likeness (QED) is 0.798. The van der Waals surface area contributed by atoms with Crippen molar-refractivity contribution in [3.05, 3.63) is 41.2 Å². The summed E-state index contributed by atoms with van der Waals surface area (Å²) < 4.78 is 6.39. The highest BCUT2D eigenvalue weighted by atomic mass is 16.5. The number of hydrogen-bond acceptors (Lipinski definition) is 4. The van der Waals surface area contributed by atoms with Crippen LogP contribution in [0.3, 0.4) is 0 Å². The van der Waals surface area contributed by atoms with E-state index in [1.165, 1.54) is 7.11 Å². The molecule has 0 fully saturated rings. The zero-order valence-electron chi connectivity index (χ0n) is 14.0. The Hall–Kier alpha value is -2.43. The van der Waals surface area contributed by atoms with Crippen LogP contribution in [0.25, 0.3) is 11.0 Å². The minimum Gasteiger partial charge on any atom is -0.465 e. The number of methoxy groups -OCH3 is 1. The number of aromatic nitrogens is 2. The number of ether oxygens (including phenoxy) is 1. The van der Waals surface area contributed by atoms with E-state index >= 15 is 0 Å². The van der Waals surface area contributed by atoms with E-state index in [0.717, 1.165) is 5.57 Å². The molecule has 0 unspecified atom stereocenters. The number of benzene rings is 1. The lowest BCUT2D eigenvalue weighted by molar-refractivity contribution is 0.0600. The monoisotopic (exact) mass is 312 g/mol. The molecule has 0 saturated heterocycles. The van der Waals surface area contributed by atoms with Crippen LogP contribution in [0.5, 0.6) is 0 Å². The van der Waals surface area contributed by atoms with Crippen molar-refractivity contribution in [1.82, 2.24) is 9.55 Å². The van der Waals surface area contributed by atoms with Gasteiger partial charge in [0.2, 0.25) is 0 Å². The molecule has 1 aromatic heterocycles. The lowest BCUT2D eigenvalue weighted by Gasteiger charge is -2.33. The Kier molecular flexibility index (Phi) is 3.39. The molecule has 120 valence electrons. The standard InChI is InChI=1S/C18H20N2O3/c1-10(2)12-9-15(21)20-14-7-6-11(16(22)23-5)8-13(14)19-17(20)18(12,3)4/h6-10H,1-5H3. The van der Waals surface area contributed by atoms with Crippen LogP contribution in [0, 0.1) is 5.92 Å². The van der Waals surface area contributed by atoms with Gasteiger partial charge >= 0.3 is 5.97 Å². The van der Waals surface area contributed by atoms with Crippen molar-refractivity contribution in [1.29, 1.82) is 0 Å². The van der Waals surface area contributed by atoms with Gasteiger partial charge in [0.05, 0.1) is 23.7 Å². The van der Waals surface area contributed by atoms with Crippen LogP contribution >= 0.6 is 0 Å². The Balaban J connectivity index is 2.25. The molecule has 23 heavy (non-hydrogen) atoms. The fourth-order valence-electron chi connectivity index (χ4n) is 3.36. The summed E-state index contributed by atoms with van der Waals surface area (Å²) in [7, 11) is 1.34. The topological polar surface area (TPSA) is 61.2 Å². The highest BCUT2D eigenvalue weighted by Crippen LogP contribution is 2.39. The minimum atomic E-state index is -0.413. The number of fused-ring (bicyclic) bond motifs is 3. The van der Waals surface area contributed by atoms with Crippen LogP contribution < -0.4 is 0 Å². The molecule has 5 heteroatoms. The molecule has 0 saturated carbocycles.